The molecule has 0 saturated heterocycles. The molecule has 0 amide bonds. The number of hydrazine groups is 1. The Hall–Kier alpha value is -0.120. The SMILES string of the molecule is CN([O-])NC1CC1. The first-order valence-corrected chi connectivity index (χ1v) is 2.46. The van der Waals surface area contributed by atoms with E-state index >= 15 is 0 Å². The molecule has 0 unspecified atom stereocenters. The fourth-order valence-electron chi connectivity index (χ4n) is 0.470. The Bertz CT molecular complexity index is 60.7. The van der Waals surface area contributed by atoms with Gasteiger partial charge in [-0.3, -0.25) is 5.43 Å². The first-order valence-electron chi connectivity index (χ1n) is 2.46. The van der Waals surface area contributed by atoms with E-state index in [4.69, 9.17) is 0 Å². The summed E-state index contributed by atoms with van der Waals surface area (Å²) in [5.41, 5.74) is 2.69. The largest absolute Gasteiger partial charge is 0.772 e. The maximum Gasteiger partial charge on any atom is 0.0206 e. The van der Waals surface area contributed by atoms with E-state index < -0.39 is 0 Å². The van der Waals surface area contributed by atoms with Crippen LogP contribution >= 0.6 is 0 Å². The number of nitrogens with zero attached hydrogens (tertiary/aromatic N) is 1. The number of hydrogen-bond acceptors (Lipinski definition) is 3. The molecule has 42 valence electrons. The zero-order valence-electron chi connectivity index (χ0n) is 4.35. The minimum atomic E-state index is 0.488. The Morgan fingerprint density at radius 3 is 2.43 bits per heavy atom. The molecule has 1 N–H and O–H groups in total. The van der Waals surface area contributed by atoms with Crippen LogP contribution in [0.2, 0.25) is 0 Å². The molecule has 0 bridgehead atoms. The summed E-state index contributed by atoms with van der Waals surface area (Å²) in [6.07, 6.45) is 2.32. The summed E-state index contributed by atoms with van der Waals surface area (Å²) in [4.78, 5) is 0. The Morgan fingerprint density at radius 1 is 1.71 bits per heavy atom. The van der Waals surface area contributed by atoms with Gasteiger partial charge < -0.3 is 10.4 Å². The van der Waals surface area contributed by atoms with Crippen molar-refractivity contribution in [2.75, 3.05) is 7.05 Å². The maximum absolute atomic E-state index is 10.1. The van der Waals surface area contributed by atoms with Gasteiger partial charge in [0.2, 0.25) is 0 Å². The Kier molecular flexibility index (Phi) is 1.27. The molecule has 1 aliphatic rings. The molecule has 0 spiro atoms. The minimum absolute atomic E-state index is 0.488. The number of hydrogen-bond donors (Lipinski definition) is 1. The molecule has 0 heterocycles. The summed E-state index contributed by atoms with van der Waals surface area (Å²) in [5.74, 6) is 0. The first kappa shape index (κ1) is 5.03. The van der Waals surface area contributed by atoms with Crippen LogP contribution in [0.3, 0.4) is 0 Å². The summed E-state index contributed by atoms with van der Waals surface area (Å²) in [6, 6.07) is 0.488. The molecular weight excluding hydrogens is 92.1 g/mol. The Morgan fingerprint density at radius 2 is 2.29 bits per heavy atom. The van der Waals surface area contributed by atoms with Gasteiger partial charge in [-0.2, -0.15) is 0 Å². The molecule has 0 atom stereocenters. The van der Waals surface area contributed by atoms with Crippen molar-refractivity contribution in [2.45, 2.75) is 18.9 Å². The lowest BCUT2D eigenvalue weighted by Gasteiger charge is -2.22. The molecule has 1 fully saturated rings. The Labute approximate surface area is 42.9 Å². The molecular formula is C4H9N2O-. The molecule has 0 aromatic carbocycles. The number of nitrogens with one attached hydrogen (secondary N) is 1. The highest BCUT2D eigenvalue weighted by atomic mass is 16.5. The second-order valence-corrected chi connectivity index (χ2v) is 1.90. The molecule has 3 nitrogen and oxygen atoms in total. The van der Waals surface area contributed by atoms with Gasteiger partial charge in [0, 0.05) is 6.04 Å². The summed E-state index contributed by atoms with van der Waals surface area (Å²) >= 11 is 0. The van der Waals surface area contributed by atoms with Crippen LogP contribution in [0.5, 0.6) is 0 Å². The fraction of sp³-hybridized carbons (Fsp3) is 1.00. The van der Waals surface area contributed by atoms with Crippen LogP contribution in [-0.4, -0.2) is 18.3 Å². The van der Waals surface area contributed by atoms with Gasteiger partial charge in [0.05, 0.1) is 0 Å². The lowest BCUT2D eigenvalue weighted by molar-refractivity contribution is 0.324. The van der Waals surface area contributed by atoms with Crippen molar-refractivity contribution in [2.24, 2.45) is 0 Å². The Balaban J connectivity index is 1.97. The van der Waals surface area contributed by atoms with Crippen molar-refractivity contribution in [3.8, 4) is 0 Å². The van der Waals surface area contributed by atoms with Gasteiger partial charge >= 0.3 is 0 Å². The van der Waals surface area contributed by atoms with Crippen molar-refractivity contribution in [3.05, 3.63) is 5.21 Å². The van der Waals surface area contributed by atoms with Crippen LogP contribution in [0.15, 0.2) is 0 Å². The third kappa shape index (κ3) is 1.87. The molecule has 0 aromatic heterocycles. The molecule has 1 aliphatic carbocycles. The van der Waals surface area contributed by atoms with E-state index in [9.17, 15) is 5.21 Å². The zero-order chi connectivity index (χ0) is 5.28. The third-order valence-corrected chi connectivity index (χ3v) is 0.942. The van der Waals surface area contributed by atoms with E-state index in [-0.39, 0.29) is 0 Å². The first-order chi connectivity index (χ1) is 3.29. The van der Waals surface area contributed by atoms with Gasteiger partial charge in [0.15, 0.2) is 0 Å². The van der Waals surface area contributed by atoms with Crippen LogP contribution in [0.25, 0.3) is 0 Å². The molecule has 0 aliphatic heterocycles. The van der Waals surface area contributed by atoms with E-state index in [1.807, 2.05) is 0 Å². The molecule has 3 heteroatoms. The van der Waals surface area contributed by atoms with Crippen molar-refractivity contribution in [1.82, 2.24) is 10.6 Å². The van der Waals surface area contributed by atoms with Crippen molar-refractivity contribution in [1.29, 1.82) is 0 Å². The highest BCUT2D eigenvalue weighted by molar-refractivity contribution is 4.79. The minimum Gasteiger partial charge on any atom is -0.772 e. The lowest BCUT2D eigenvalue weighted by atomic mass is 10.8. The van der Waals surface area contributed by atoms with E-state index in [1.165, 1.54) is 7.05 Å². The number of hydroxylamine groups is 1. The van der Waals surface area contributed by atoms with E-state index in [2.05, 4.69) is 5.43 Å². The summed E-state index contributed by atoms with van der Waals surface area (Å²) < 4.78 is 0. The molecule has 1 rings (SSSR count). The fourth-order valence-corrected chi connectivity index (χ4v) is 0.470. The van der Waals surface area contributed by atoms with E-state index in [1.54, 1.807) is 0 Å². The molecule has 7 heavy (non-hydrogen) atoms. The quantitative estimate of drug-likeness (QED) is 0.501. The molecule has 0 radical (unpaired) electrons. The number of rotatable bonds is 2. The summed E-state index contributed by atoms with van der Waals surface area (Å²) in [5, 5.41) is 10.9. The van der Waals surface area contributed by atoms with Gasteiger partial charge in [-0.25, -0.2) is 0 Å². The zero-order valence-corrected chi connectivity index (χ0v) is 4.35. The highest BCUT2D eigenvalue weighted by Gasteiger charge is 2.19. The predicted molar refractivity (Wildman–Crippen MR) is 27.3 cm³/mol. The second kappa shape index (κ2) is 1.78. The topological polar surface area (TPSA) is 38.3 Å². The summed E-state index contributed by atoms with van der Waals surface area (Å²) in [6.45, 7) is 0. The van der Waals surface area contributed by atoms with Crippen LogP contribution in [0, 0.1) is 5.21 Å². The van der Waals surface area contributed by atoms with Crippen molar-refractivity contribution >= 4 is 0 Å². The predicted octanol–water partition coefficient (Wildman–Crippen LogP) is 0.0830. The molecule has 0 aromatic rings. The normalized spacial score (nSPS) is 21.0. The van der Waals surface area contributed by atoms with Crippen LogP contribution < -0.4 is 5.43 Å². The van der Waals surface area contributed by atoms with Gasteiger partial charge in [0.1, 0.15) is 0 Å². The second-order valence-electron chi connectivity index (χ2n) is 1.90. The van der Waals surface area contributed by atoms with Gasteiger partial charge in [-0.15, -0.1) is 0 Å². The van der Waals surface area contributed by atoms with Crippen molar-refractivity contribution < 1.29 is 0 Å². The van der Waals surface area contributed by atoms with Gasteiger partial charge in [0.25, 0.3) is 0 Å². The third-order valence-electron chi connectivity index (χ3n) is 0.942. The van der Waals surface area contributed by atoms with Crippen molar-refractivity contribution in [3.63, 3.8) is 0 Å². The van der Waals surface area contributed by atoms with Gasteiger partial charge in [-0.1, -0.05) is 0 Å². The average molecular weight is 101 g/mol. The highest BCUT2D eigenvalue weighted by Crippen LogP contribution is 2.18. The maximum atomic E-state index is 10.1. The standard InChI is InChI=1S/C4H9N2O/c1-6(7)5-4-2-3-4/h4-5H,2-3H2,1H3/q-1. The summed E-state index contributed by atoms with van der Waals surface area (Å²) in [7, 11) is 1.47. The van der Waals surface area contributed by atoms with E-state index in [0.717, 1.165) is 18.0 Å². The van der Waals surface area contributed by atoms with E-state index in [0.29, 0.717) is 6.04 Å². The smallest absolute Gasteiger partial charge is 0.0206 e. The van der Waals surface area contributed by atoms with Gasteiger partial charge in [-0.05, 0) is 19.9 Å². The lowest BCUT2D eigenvalue weighted by Crippen LogP contribution is -2.30. The van der Waals surface area contributed by atoms with Crippen LogP contribution in [0.1, 0.15) is 12.8 Å². The monoisotopic (exact) mass is 101 g/mol. The average Bonchev–Trinajstić information content (AvgIpc) is 2.17. The van der Waals surface area contributed by atoms with Crippen LogP contribution in [-0.2, 0) is 0 Å². The van der Waals surface area contributed by atoms with Crippen LogP contribution in [0.4, 0.5) is 0 Å². The molecule has 1 saturated carbocycles.